The van der Waals surface area contributed by atoms with Gasteiger partial charge in [-0.15, -0.1) is 0 Å². The van der Waals surface area contributed by atoms with Gasteiger partial charge in [0.15, 0.2) is 35.0 Å². The molecule has 0 spiro atoms. The standard InChI is InChI=1S/C22H22N6O4/c1-30-17-10-15(9-14(12-29)19(17)31-2)28-11-18(23-13-28)25-22-24-16-5-8-32-20(16)21(26-22)27-6-3-4-7-27/h5,8-13H,3-4,6-7H2,1-2H3,(H,24,25,26). The molecule has 1 aliphatic heterocycles. The number of nitrogens with one attached hydrogen (secondary N) is 1. The van der Waals surface area contributed by atoms with Crippen molar-refractivity contribution in [1.82, 2.24) is 19.5 Å². The lowest BCUT2D eigenvalue weighted by Crippen LogP contribution is -2.19. The van der Waals surface area contributed by atoms with Gasteiger partial charge in [0, 0.05) is 25.2 Å². The Labute approximate surface area is 183 Å². The lowest BCUT2D eigenvalue weighted by atomic mass is 10.1. The first-order valence-corrected chi connectivity index (χ1v) is 10.2. The third kappa shape index (κ3) is 3.49. The number of ether oxygens (including phenoxy) is 2. The molecule has 4 heterocycles. The van der Waals surface area contributed by atoms with Crippen LogP contribution in [-0.4, -0.2) is 53.1 Å². The first-order valence-electron chi connectivity index (χ1n) is 10.2. The van der Waals surface area contributed by atoms with Gasteiger partial charge in [-0.1, -0.05) is 0 Å². The number of methoxy groups -OCH3 is 2. The summed E-state index contributed by atoms with van der Waals surface area (Å²) in [6, 6.07) is 5.31. The van der Waals surface area contributed by atoms with Crippen molar-refractivity contribution in [1.29, 1.82) is 0 Å². The summed E-state index contributed by atoms with van der Waals surface area (Å²) in [4.78, 5) is 27.4. The predicted molar refractivity (Wildman–Crippen MR) is 119 cm³/mol. The zero-order valence-corrected chi connectivity index (χ0v) is 17.7. The van der Waals surface area contributed by atoms with Crippen molar-refractivity contribution in [2.45, 2.75) is 12.8 Å². The fraction of sp³-hybridized carbons (Fsp3) is 0.273. The molecule has 0 amide bonds. The van der Waals surface area contributed by atoms with Gasteiger partial charge in [-0.3, -0.25) is 4.79 Å². The molecule has 32 heavy (non-hydrogen) atoms. The predicted octanol–water partition coefficient (Wildman–Crippen LogP) is 3.58. The van der Waals surface area contributed by atoms with Crippen molar-refractivity contribution in [2.75, 3.05) is 37.5 Å². The quantitative estimate of drug-likeness (QED) is 0.437. The van der Waals surface area contributed by atoms with Gasteiger partial charge in [-0.25, -0.2) is 9.97 Å². The fourth-order valence-electron chi connectivity index (χ4n) is 3.91. The Morgan fingerprint density at radius 1 is 1.16 bits per heavy atom. The smallest absolute Gasteiger partial charge is 0.231 e. The maximum absolute atomic E-state index is 11.5. The summed E-state index contributed by atoms with van der Waals surface area (Å²) in [5.41, 5.74) is 2.51. The minimum absolute atomic E-state index is 0.383. The second-order valence-electron chi connectivity index (χ2n) is 7.38. The van der Waals surface area contributed by atoms with Crippen LogP contribution in [0, 0.1) is 0 Å². The van der Waals surface area contributed by atoms with Crippen LogP contribution in [0.3, 0.4) is 0 Å². The van der Waals surface area contributed by atoms with Crippen LogP contribution >= 0.6 is 0 Å². The molecule has 10 heteroatoms. The number of carbonyl (C=O) groups excluding carboxylic acids is 1. The second kappa shape index (κ2) is 8.22. The van der Waals surface area contributed by atoms with Gasteiger partial charge in [0.05, 0.1) is 37.9 Å². The molecule has 5 rings (SSSR count). The summed E-state index contributed by atoms with van der Waals surface area (Å²) >= 11 is 0. The number of hydrogen-bond acceptors (Lipinski definition) is 9. The van der Waals surface area contributed by atoms with Gasteiger partial charge < -0.3 is 28.7 Å². The largest absolute Gasteiger partial charge is 0.493 e. The summed E-state index contributed by atoms with van der Waals surface area (Å²) in [5, 5.41) is 3.17. The maximum atomic E-state index is 11.5. The van der Waals surface area contributed by atoms with E-state index in [2.05, 4.69) is 25.2 Å². The summed E-state index contributed by atoms with van der Waals surface area (Å²) in [6.07, 6.45) is 8.04. The number of benzene rings is 1. The van der Waals surface area contributed by atoms with E-state index in [9.17, 15) is 4.79 Å². The highest BCUT2D eigenvalue weighted by Crippen LogP contribution is 2.33. The lowest BCUT2D eigenvalue weighted by molar-refractivity contribution is 0.112. The first-order chi connectivity index (χ1) is 15.7. The van der Waals surface area contributed by atoms with Crippen LogP contribution in [0.25, 0.3) is 16.8 Å². The highest BCUT2D eigenvalue weighted by molar-refractivity contribution is 5.86. The number of anilines is 3. The SMILES string of the molecule is COc1cc(-n2cnc(Nc3nc(N4CCCC4)c4occc4n3)c2)cc(C=O)c1OC. The van der Waals surface area contributed by atoms with Crippen molar-refractivity contribution < 1.29 is 18.7 Å². The van der Waals surface area contributed by atoms with Crippen LogP contribution in [0.1, 0.15) is 23.2 Å². The molecule has 0 bridgehead atoms. The number of furan rings is 1. The molecular formula is C22H22N6O4. The molecule has 0 radical (unpaired) electrons. The normalized spacial score (nSPS) is 13.5. The molecule has 1 saturated heterocycles. The van der Waals surface area contributed by atoms with Crippen molar-refractivity contribution in [3.8, 4) is 17.2 Å². The first kappa shape index (κ1) is 19.9. The minimum atomic E-state index is 0.383. The number of fused-ring (bicyclic) bond motifs is 1. The third-order valence-corrected chi connectivity index (χ3v) is 5.43. The third-order valence-electron chi connectivity index (χ3n) is 5.43. The van der Waals surface area contributed by atoms with Crippen molar-refractivity contribution in [3.05, 3.63) is 42.5 Å². The zero-order valence-electron chi connectivity index (χ0n) is 17.7. The molecule has 0 atom stereocenters. The summed E-state index contributed by atoms with van der Waals surface area (Å²) in [6.45, 7) is 1.89. The van der Waals surface area contributed by atoms with Gasteiger partial charge in [-0.05, 0) is 18.9 Å². The number of imidazole rings is 1. The average Bonchev–Trinajstić information content (AvgIpc) is 3.59. The number of aldehydes is 1. The Bertz CT molecular complexity index is 1270. The van der Waals surface area contributed by atoms with Gasteiger partial charge in [0.25, 0.3) is 0 Å². The van der Waals surface area contributed by atoms with E-state index in [-0.39, 0.29) is 0 Å². The Morgan fingerprint density at radius 3 is 2.75 bits per heavy atom. The van der Waals surface area contributed by atoms with Crippen molar-refractivity contribution in [2.24, 2.45) is 0 Å². The van der Waals surface area contributed by atoms with E-state index in [0.717, 1.165) is 43.6 Å². The van der Waals surface area contributed by atoms with Crippen LogP contribution in [0.2, 0.25) is 0 Å². The molecule has 164 valence electrons. The molecule has 3 aromatic heterocycles. The van der Waals surface area contributed by atoms with Gasteiger partial charge in [0.2, 0.25) is 5.95 Å². The number of hydrogen-bond donors (Lipinski definition) is 1. The van der Waals surface area contributed by atoms with Crippen LogP contribution in [0.5, 0.6) is 11.5 Å². The van der Waals surface area contributed by atoms with Crippen LogP contribution < -0.4 is 19.7 Å². The van der Waals surface area contributed by atoms with Crippen molar-refractivity contribution >= 4 is 35.0 Å². The highest BCUT2D eigenvalue weighted by atomic mass is 16.5. The van der Waals surface area contributed by atoms with E-state index in [1.54, 1.807) is 35.5 Å². The Kier molecular flexibility index (Phi) is 5.10. The van der Waals surface area contributed by atoms with E-state index in [1.165, 1.54) is 14.2 Å². The molecule has 1 fully saturated rings. The molecule has 0 aliphatic carbocycles. The number of rotatable bonds is 7. The Balaban J connectivity index is 1.46. The Hall–Kier alpha value is -4.08. The maximum Gasteiger partial charge on any atom is 0.231 e. The van der Waals surface area contributed by atoms with Crippen LogP contribution in [0.15, 0.2) is 41.4 Å². The van der Waals surface area contributed by atoms with E-state index < -0.39 is 0 Å². The molecule has 4 aromatic rings. The summed E-state index contributed by atoms with van der Waals surface area (Å²) < 4.78 is 18.1. The van der Waals surface area contributed by atoms with E-state index in [0.29, 0.717) is 40.1 Å². The van der Waals surface area contributed by atoms with Gasteiger partial charge >= 0.3 is 0 Å². The average molecular weight is 434 g/mol. The van der Waals surface area contributed by atoms with E-state index in [1.807, 2.05) is 6.07 Å². The Morgan fingerprint density at radius 2 is 2.00 bits per heavy atom. The highest BCUT2D eigenvalue weighted by Gasteiger charge is 2.20. The zero-order chi connectivity index (χ0) is 22.1. The van der Waals surface area contributed by atoms with E-state index in [4.69, 9.17) is 13.9 Å². The van der Waals surface area contributed by atoms with Gasteiger partial charge in [-0.2, -0.15) is 4.98 Å². The van der Waals surface area contributed by atoms with E-state index >= 15 is 0 Å². The topological polar surface area (TPSA) is 108 Å². The number of nitrogens with zero attached hydrogens (tertiary/aromatic N) is 5. The molecule has 1 aromatic carbocycles. The number of carbonyl (C=O) groups is 1. The molecule has 0 unspecified atom stereocenters. The van der Waals surface area contributed by atoms with Crippen molar-refractivity contribution in [3.63, 3.8) is 0 Å². The second-order valence-corrected chi connectivity index (χ2v) is 7.38. The molecule has 0 saturated carbocycles. The fourth-order valence-corrected chi connectivity index (χ4v) is 3.91. The molecule has 1 aliphatic rings. The molecule has 1 N–H and O–H groups in total. The van der Waals surface area contributed by atoms with Crippen LogP contribution in [0.4, 0.5) is 17.6 Å². The van der Waals surface area contributed by atoms with Gasteiger partial charge in [0.1, 0.15) is 11.8 Å². The lowest BCUT2D eigenvalue weighted by Gasteiger charge is -2.17. The minimum Gasteiger partial charge on any atom is -0.493 e. The molecular weight excluding hydrogens is 412 g/mol. The van der Waals surface area contributed by atoms with Crippen LogP contribution in [-0.2, 0) is 0 Å². The monoisotopic (exact) mass is 434 g/mol. The summed E-state index contributed by atoms with van der Waals surface area (Å²) in [5.74, 6) is 2.63. The number of aromatic nitrogens is 4. The summed E-state index contributed by atoms with van der Waals surface area (Å²) in [7, 11) is 3.02. The molecule has 10 nitrogen and oxygen atoms in total.